The van der Waals surface area contributed by atoms with E-state index in [1.54, 1.807) is 12.1 Å². The fourth-order valence-electron chi connectivity index (χ4n) is 1.68. The summed E-state index contributed by atoms with van der Waals surface area (Å²) in [5.74, 6) is 0.508. The van der Waals surface area contributed by atoms with Crippen molar-refractivity contribution < 1.29 is 9.52 Å². The molecule has 5 nitrogen and oxygen atoms in total. The van der Waals surface area contributed by atoms with Gasteiger partial charge in [0.1, 0.15) is 0 Å². The molecule has 0 atom stereocenters. The smallest absolute Gasteiger partial charge is 0.312 e. The molecule has 3 aromatic rings. The maximum atomic E-state index is 9.75. The molecule has 0 fully saturated rings. The van der Waals surface area contributed by atoms with E-state index in [9.17, 15) is 5.11 Å². The third-order valence-electron chi connectivity index (χ3n) is 2.69. The van der Waals surface area contributed by atoms with E-state index >= 15 is 0 Å². The summed E-state index contributed by atoms with van der Waals surface area (Å²) in [4.78, 5) is 12.3. The summed E-state index contributed by atoms with van der Waals surface area (Å²) in [7, 11) is 0. The number of benzene rings is 1. The van der Waals surface area contributed by atoms with Crippen LogP contribution >= 0.6 is 11.6 Å². The molecule has 0 radical (unpaired) electrons. The Morgan fingerprint density at radius 1 is 1.14 bits per heavy atom. The molecular weight excluding hydrogens is 290 g/mol. The molecule has 2 heterocycles. The van der Waals surface area contributed by atoms with Gasteiger partial charge in [-0.3, -0.25) is 0 Å². The Labute approximate surface area is 125 Å². The van der Waals surface area contributed by atoms with Crippen LogP contribution in [0.2, 0.25) is 5.02 Å². The second kappa shape index (κ2) is 5.76. The molecule has 0 unspecified atom stereocenters. The Kier molecular flexibility index (Phi) is 3.66. The highest BCUT2D eigenvalue weighted by Crippen LogP contribution is 2.25. The van der Waals surface area contributed by atoms with Gasteiger partial charge in [0.2, 0.25) is 5.89 Å². The molecule has 0 bridgehead atoms. The maximum absolute atomic E-state index is 9.75. The normalized spacial score (nSPS) is 11.1. The monoisotopic (exact) mass is 299 g/mol. The van der Waals surface area contributed by atoms with Gasteiger partial charge in [-0.05, 0) is 24.3 Å². The lowest BCUT2D eigenvalue weighted by atomic mass is 10.2. The summed E-state index contributed by atoms with van der Waals surface area (Å²) < 4.78 is 5.22. The largest absolute Gasteiger partial charge is 0.479 e. The van der Waals surface area contributed by atoms with Crippen molar-refractivity contribution in [2.24, 2.45) is 4.99 Å². The lowest BCUT2D eigenvalue weighted by Crippen LogP contribution is -1.83. The maximum Gasteiger partial charge on any atom is 0.312 e. The highest BCUT2D eigenvalue weighted by atomic mass is 35.5. The summed E-state index contributed by atoms with van der Waals surface area (Å²) in [5.41, 5.74) is 1.02. The quantitative estimate of drug-likeness (QED) is 0.746. The Morgan fingerprint density at radius 2 is 1.95 bits per heavy atom. The highest BCUT2D eigenvalue weighted by Gasteiger charge is 2.11. The summed E-state index contributed by atoms with van der Waals surface area (Å²) >= 11 is 5.74. The Bertz CT molecular complexity index is 767. The predicted molar refractivity (Wildman–Crippen MR) is 80.1 cm³/mol. The minimum Gasteiger partial charge on any atom is -0.479 e. The van der Waals surface area contributed by atoms with E-state index in [2.05, 4.69) is 15.0 Å². The lowest BCUT2D eigenvalue weighted by molar-refractivity contribution is 0.337. The minimum atomic E-state index is -0.286. The van der Waals surface area contributed by atoms with Crippen LogP contribution in [0.4, 0.5) is 5.82 Å². The van der Waals surface area contributed by atoms with Gasteiger partial charge < -0.3 is 9.52 Å². The zero-order chi connectivity index (χ0) is 14.7. The Hall–Kier alpha value is -2.66. The zero-order valence-corrected chi connectivity index (χ0v) is 11.5. The van der Waals surface area contributed by atoms with Crippen LogP contribution in [0.3, 0.4) is 0 Å². The van der Waals surface area contributed by atoms with Crippen molar-refractivity contribution in [3.8, 4) is 17.4 Å². The van der Waals surface area contributed by atoms with Crippen LogP contribution in [0.15, 0.2) is 58.1 Å². The average molecular weight is 300 g/mol. The molecule has 0 aliphatic rings. The summed E-state index contributed by atoms with van der Waals surface area (Å²) in [6.45, 7) is 0. The average Bonchev–Trinajstić information content (AvgIpc) is 2.89. The Balaban J connectivity index is 1.86. The molecule has 0 spiro atoms. The molecule has 0 aliphatic carbocycles. The van der Waals surface area contributed by atoms with Gasteiger partial charge in [-0.1, -0.05) is 29.8 Å². The van der Waals surface area contributed by atoms with Crippen molar-refractivity contribution >= 4 is 23.6 Å². The molecule has 0 saturated carbocycles. The second-order valence-corrected chi connectivity index (χ2v) is 4.60. The van der Waals surface area contributed by atoms with E-state index in [0.717, 1.165) is 5.56 Å². The van der Waals surface area contributed by atoms with Crippen LogP contribution in [0.5, 0.6) is 5.95 Å². The van der Waals surface area contributed by atoms with E-state index in [1.165, 1.54) is 12.4 Å². The third-order valence-corrected chi connectivity index (χ3v) is 2.91. The van der Waals surface area contributed by atoms with Gasteiger partial charge in [-0.15, -0.1) is 0 Å². The lowest BCUT2D eigenvalue weighted by Gasteiger charge is -1.91. The molecule has 0 aliphatic heterocycles. The summed E-state index contributed by atoms with van der Waals surface area (Å²) in [5, 5.41) is 10.3. The molecule has 0 saturated heterocycles. The molecule has 2 aromatic heterocycles. The molecule has 104 valence electrons. The zero-order valence-electron chi connectivity index (χ0n) is 10.8. The van der Waals surface area contributed by atoms with Crippen molar-refractivity contribution in [2.75, 3.05) is 0 Å². The number of aromatic nitrogens is 2. The summed E-state index contributed by atoms with van der Waals surface area (Å²) in [6.07, 6.45) is 2.88. The van der Waals surface area contributed by atoms with Gasteiger partial charge in [-0.25, -0.2) is 15.0 Å². The van der Waals surface area contributed by atoms with Gasteiger partial charge in [0.15, 0.2) is 11.5 Å². The minimum absolute atomic E-state index is 0.241. The fourth-order valence-corrected chi connectivity index (χ4v) is 1.80. The van der Waals surface area contributed by atoms with Crippen LogP contribution in [-0.4, -0.2) is 21.3 Å². The van der Waals surface area contributed by atoms with E-state index < -0.39 is 0 Å². The number of hydrogen-bond acceptors (Lipinski definition) is 5. The molecular formula is C15H10ClN3O2. The number of pyridine rings is 1. The van der Waals surface area contributed by atoms with E-state index in [-0.39, 0.29) is 11.6 Å². The highest BCUT2D eigenvalue weighted by molar-refractivity contribution is 6.30. The number of halogens is 1. The Morgan fingerprint density at radius 3 is 2.67 bits per heavy atom. The molecule has 1 N–H and O–H groups in total. The standard InChI is InChI=1S/C15H10ClN3O2/c16-11-6-7-13(17-8-11)18-9-12-15(20)21-14(19-12)10-4-2-1-3-5-10/h1-9,20H. The van der Waals surface area contributed by atoms with Gasteiger partial charge >= 0.3 is 5.95 Å². The van der Waals surface area contributed by atoms with Crippen LogP contribution in [0.25, 0.3) is 11.5 Å². The van der Waals surface area contributed by atoms with E-state index in [4.69, 9.17) is 16.0 Å². The van der Waals surface area contributed by atoms with Crippen molar-refractivity contribution in [3.05, 3.63) is 59.4 Å². The van der Waals surface area contributed by atoms with Gasteiger partial charge in [0, 0.05) is 11.8 Å². The van der Waals surface area contributed by atoms with Crippen LogP contribution in [0.1, 0.15) is 5.69 Å². The SMILES string of the molecule is Oc1oc(-c2ccccc2)nc1C=Nc1ccc(Cl)cn1. The van der Waals surface area contributed by atoms with Gasteiger partial charge in [0.25, 0.3) is 0 Å². The van der Waals surface area contributed by atoms with Crippen molar-refractivity contribution in [1.29, 1.82) is 0 Å². The molecule has 3 rings (SSSR count). The topological polar surface area (TPSA) is 71.5 Å². The van der Waals surface area contributed by atoms with Crippen molar-refractivity contribution in [3.63, 3.8) is 0 Å². The summed E-state index contributed by atoms with van der Waals surface area (Å²) in [6, 6.07) is 12.6. The second-order valence-electron chi connectivity index (χ2n) is 4.17. The molecule has 1 aromatic carbocycles. The molecule has 21 heavy (non-hydrogen) atoms. The third kappa shape index (κ3) is 3.09. The first-order chi connectivity index (χ1) is 10.2. The van der Waals surface area contributed by atoms with Gasteiger partial charge in [-0.2, -0.15) is 0 Å². The van der Waals surface area contributed by atoms with Crippen LogP contribution in [-0.2, 0) is 0 Å². The molecule has 6 heteroatoms. The molecule has 0 amide bonds. The predicted octanol–water partition coefficient (Wildman–Crippen LogP) is 3.85. The van der Waals surface area contributed by atoms with E-state index in [1.807, 2.05) is 30.3 Å². The fraction of sp³-hybridized carbons (Fsp3) is 0. The van der Waals surface area contributed by atoms with Crippen LogP contribution < -0.4 is 0 Å². The number of aromatic hydroxyl groups is 1. The van der Waals surface area contributed by atoms with Gasteiger partial charge in [0.05, 0.1) is 11.2 Å². The number of oxazole rings is 1. The number of nitrogens with zero attached hydrogens (tertiary/aromatic N) is 3. The van der Waals surface area contributed by atoms with Crippen LogP contribution in [0, 0.1) is 0 Å². The number of aliphatic imine (C=N–C) groups is 1. The van der Waals surface area contributed by atoms with Crippen molar-refractivity contribution in [2.45, 2.75) is 0 Å². The number of hydrogen-bond donors (Lipinski definition) is 1. The number of rotatable bonds is 3. The van der Waals surface area contributed by atoms with Crippen molar-refractivity contribution in [1.82, 2.24) is 9.97 Å². The first-order valence-electron chi connectivity index (χ1n) is 6.13. The first-order valence-corrected chi connectivity index (χ1v) is 6.51. The first kappa shape index (κ1) is 13.3. The van der Waals surface area contributed by atoms with E-state index in [0.29, 0.717) is 16.7 Å².